The molecule has 8 rings (SSSR count). The summed E-state index contributed by atoms with van der Waals surface area (Å²) in [5.41, 5.74) is 0. The highest BCUT2D eigenvalue weighted by Crippen LogP contribution is 2.58. The van der Waals surface area contributed by atoms with Crippen molar-refractivity contribution in [2.75, 3.05) is 18.9 Å². The molecule has 0 atom stereocenters. The van der Waals surface area contributed by atoms with E-state index in [-0.39, 0.29) is 0 Å². The van der Waals surface area contributed by atoms with Gasteiger partial charge in [0.05, 0.1) is 0 Å². The third-order valence-corrected chi connectivity index (χ3v) is 19.5. The average Bonchev–Trinajstić information content (AvgIpc) is 3.18. The molecular formula is C46H58B2O2P2-2. The highest BCUT2D eigenvalue weighted by molar-refractivity contribution is 7.73. The summed E-state index contributed by atoms with van der Waals surface area (Å²) in [6, 6.07) is 45.3. The van der Waals surface area contributed by atoms with Crippen LogP contribution in [-0.2, 0) is 9.31 Å². The Labute approximate surface area is 317 Å². The minimum absolute atomic E-state index is 0.431. The van der Waals surface area contributed by atoms with Gasteiger partial charge in [-0.3, -0.25) is 0 Å². The van der Waals surface area contributed by atoms with Gasteiger partial charge in [0, 0.05) is 6.61 Å². The van der Waals surface area contributed by atoms with E-state index in [0.717, 1.165) is 0 Å². The van der Waals surface area contributed by atoms with Crippen LogP contribution in [0.5, 0.6) is 0 Å². The van der Waals surface area contributed by atoms with Gasteiger partial charge >= 0.3 is 0 Å². The highest BCUT2D eigenvalue weighted by atomic mass is 31.1. The fourth-order valence-corrected chi connectivity index (χ4v) is 17.1. The lowest BCUT2D eigenvalue weighted by Crippen LogP contribution is -2.54. The van der Waals surface area contributed by atoms with Crippen LogP contribution in [-0.4, -0.2) is 31.6 Å². The van der Waals surface area contributed by atoms with Crippen molar-refractivity contribution < 1.29 is 9.31 Å². The van der Waals surface area contributed by atoms with Crippen LogP contribution in [0.3, 0.4) is 0 Å². The van der Waals surface area contributed by atoms with E-state index in [9.17, 15) is 0 Å². The van der Waals surface area contributed by atoms with Crippen LogP contribution in [0.15, 0.2) is 121 Å². The molecule has 4 bridgehead atoms. The topological polar surface area (TPSA) is 18.5 Å². The summed E-state index contributed by atoms with van der Waals surface area (Å²) in [5.74, 6) is 2.81. The lowest BCUT2D eigenvalue weighted by molar-refractivity contribution is 0.207. The first kappa shape index (κ1) is 36.8. The normalized spacial score (nSPS) is 28.6. The van der Waals surface area contributed by atoms with E-state index in [4.69, 9.17) is 9.31 Å². The molecule has 4 aliphatic heterocycles. The number of rotatable bonds is 15. The third kappa shape index (κ3) is 7.94. The van der Waals surface area contributed by atoms with Crippen LogP contribution in [0.2, 0.25) is 35.9 Å². The zero-order valence-corrected chi connectivity index (χ0v) is 33.0. The Morgan fingerprint density at radius 2 is 0.750 bits per heavy atom. The molecule has 2 nitrogen and oxygen atoms in total. The van der Waals surface area contributed by atoms with Gasteiger partial charge in [-0.05, 0) is 37.1 Å². The first-order chi connectivity index (χ1) is 25.8. The zero-order valence-electron chi connectivity index (χ0n) is 31.2. The molecule has 4 aromatic carbocycles. The molecule has 4 aromatic rings. The second kappa shape index (κ2) is 17.5. The molecule has 272 valence electrons. The molecule has 0 aromatic heterocycles. The fourth-order valence-electron chi connectivity index (χ4n) is 12.0. The van der Waals surface area contributed by atoms with Crippen LogP contribution in [0, 0.1) is 6.61 Å². The van der Waals surface area contributed by atoms with Crippen molar-refractivity contribution in [3.63, 3.8) is 0 Å². The number of benzene rings is 4. The summed E-state index contributed by atoms with van der Waals surface area (Å²) >= 11 is 0. The first-order valence-corrected chi connectivity index (χ1v) is 24.0. The second-order valence-corrected chi connectivity index (χ2v) is 21.4. The Bertz CT molecular complexity index is 1410. The SMILES string of the molecule is [C](CO[B-]1(CCP(c2ccccc2)c2ccccc2)C2CCCC1CCC2)O[B-]1(CCP(c2ccccc2)c2ccccc2)C2CCCC1CCC2. The van der Waals surface area contributed by atoms with Gasteiger partial charge in [-0.25, -0.2) is 0 Å². The minimum atomic E-state index is -0.999. The van der Waals surface area contributed by atoms with Crippen molar-refractivity contribution in [2.24, 2.45) is 0 Å². The highest BCUT2D eigenvalue weighted by Gasteiger charge is 2.47. The largest absolute Gasteiger partial charge is 0.588 e. The van der Waals surface area contributed by atoms with Gasteiger partial charge in [0.1, 0.15) is 19.3 Å². The molecule has 0 aliphatic carbocycles. The molecule has 0 spiro atoms. The lowest BCUT2D eigenvalue weighted by Gasteiger charge is -2.61. The summed E-state index contributed by atoms with van der Waals surface area (Å²) in [4.78, 5) is 0. The first-order valence-electron chi connectivity index (χ1n) is 20.9. The van der Waals surface area contributed by atoms with Crippen molar-refractivity contribution >= 4 is 49.8 Å². The molecule has 0 saturated carbocycles. The molecule has 4 heterocycles. The summed E-state index contributed by atoms with van der Waals surface area (Å²) in [6.45, 7) is 4.21. The summed E-state index contributed by atoms with van der Waals surface area (Å²) in [6.07, 6.45) is 19.0. The number of fused-ring (bicyclic) bond motifs is 4. The third-order valence-electron chi connectivity index (χ3n) is 14.4. The van der Waals surface area contributed by atoms with Crippen molar-refractivity contribution in [1.82, 2.24) is 0 Å². The van der Waals surface area contributed by atoms with Crippen LogP contribution < -0.4 is 21.2 Å². The monoisotopic (exact) mass is 726 g/mol. The van der Waals surface area contributed by atoms with Crippen LogP contribution >= 0.6 is 15.8 Å². The van der Waals surface area contributed by atoms with Crippen LogP contribution in [0.4, 0.5) is 0 Å². The molecule has 4 saturated heterocycles. The Balaban J connectivity index is 1.01. The zero-order chi connectivity index (χ0) is 35.1. The predicted octanol–water partition coefficient (Wildman–Crippen LogP) is 11.4. The molecule has 0 unspecified atom stereocenters. The quantitative estimate of drug-likeness (QED) is 0.0690. The van der Waals surface area contributed by atoms with E-state index >= 15 is 0 Å². The van der Waals surface area contributed by atoms with Gasteiger partial charge in [0.2, 0.25) is 0 Å². The fraction of sp³-hybridized carbons (Fsp3) is 0.457. The molecule has 52 heavy (non-hydrogen) atoms. The Kier molecular flexibility index (Phi) is 12.4. The predicted molar refractivity (Wildman–Crippen MR) is 230 cm³/mol. The average molecular weight is 727 g/mol. The van der Waals surface area contributed by atoms with Gasteiger partial charge in [0.15, 0.2) is 0 Å². The van der Waals surface area contributed by atoms with Gasteiger partial charge in [0.25, 0.3) is 0 Å². The van der Waals surface area contributed by atoms with Gasteiger partial charge in [-0.2, -0.15) is 0 Å². The Morgan fingerprint density at radius 3 is 1.10 bits per heavy atom. The van der Waals surface area contributed by atoms with E-state index in [0.29, 0.717) is 29.9 Å². The molecule has 0 amide bonds. The minimum Gasteiger partial charge on any atom is -0.588 e. The maximum absolute atomic E-state index is 7.43. The van der Waals surface area contributed by atoms with Crippen LogP contribution in [0.1, 0.15) is 77.0 Å². The second-order valence-electron chi connectivity index (χ2n) is 16.8. The maximum atomic E-state index is 7.43. The maximum Gasteiger partial charge on any atom is 0.121 e. The van der Waals surface area contributed by atoms with Crippen molar-refractivity contribution in [2.45, 2.75) is 113 Å². The molecule has 4 fully saturated rings. The number of hydrogen-bond donors (Lipinski definition) is 0. The van der Waals surface area contributed by atoms with Crippen LogP contribution in [0.25, 0.3) is 0 Å². The van der Waals surface area contributed by atoms with E-state index in [1.807, 2.05) is 0 Å². The Morgan fingerprint density at radius 1 is 0.442 bits per heavy atom. The standard InChI is InChI=1S/C46H58B2O2P2/c1-5-25-43(26-6-1)51(44-27-7-2-8-28-44)37-33-47(39-17-13-18-40(47)20-14-19-39)49-35-36-50-48(41-21-15-22-42(48)24-16-23-41)34-38-52(45-29-9-3-10-30-45)46-31-11-4-12-32-46/h1-12,25-32,39-42H,13-24,33-35,37-38H2/q-2. The van der Waals surface area contributed by atoms with Crippen molar-refractivity contribution in [1.29, 1.82) is 0 Å². The summed E-state index contributed by atoms with van der Waals surface area (Å²) < 4.78 is 14.7. The lowest BCUT2D eigenvalue weighted by atomic mass is 9.19. The molecule has 4 aliphatic rings. The van der Waals surface area contributed by atoms with Gasteiger partial charge in [-0.15, -0.1) is 35.9 Å². The van der Waals surface area contributed by atoms with Crippen molar-refractivity contribution in [3.8, 4) is 0 Å². The van der Waals surface area contributed by atoms with E-state index in [1.54, 1.807) is 0 Å². The molecule has 2 radical (unpaired) electrons. The molecular weight excluding hydrogens is 668 g/mol. The Hall–Kier alpha value is -2.21. The van der Waals surface area contributed by atoms with Gasteiger partial charge < -0.3 is 9.31 Å². The molecule has 6 heteroatoms. The summed E-state index contributed by atoms with van der Waals surface area (Å²) in [5, 5.41) is 5.98. The van der Waals surface area contributed by atoms with E-state index in [2.05, 4.69) is 128 Å². The van der Waals surface area contributed by atoms with Gasteiger partial charge in [-0.1, -0.05) is 211 Å². The van der Waals surface area contributed by atoms with E-state index in [1.165, 1.54) is 123 Å². The molecule has 0 N–H and O–H groups in total. The number of hydrogen-bond acceptors (Lipinski definition) is 2. The smallest absolute Gasteiger partial charge is 0.121 e. The van der Waals surface area contributed by atoms with Crippen molar-refractivity contribution in [3.05, 3.63) is 128 Å². The van der Waals surface area contributed by atoms with E-state index < -0.39 is 28.5 Å². The summed E-state index contributed by atoms with van der Waals surface area (Å²) in [7, 11) is -0.870.